The average molecular weight is 252 g/mol. The minimum Gasteiger partial charge on any atom is -0.478 e. The van der Waals surface area contributed by atoms with Gasteiger partial charge in [0.1, 0.15) is 6.10 Å². The zero-order valence-corrected chi connectivity index (χ0v) is 11.1. The molecule has 0 saturated carbocycles. The van der Waals surface area contributed by atoms with Gasteiger partial charge in [0.15, 0.2) is 5.82 Å². The fraction of sp³-hybridized carbons (Fsp3) is 0.615. The van der Waals surface area contributed by atoms with Gasteiger partial charge in [-0.3, -0.25) is 0 Å². The minimum absolute atomic E-state index is 0.159. The SMILES string of the molecule is CCCc1nc(C(CC)OCC)ncc1C(=O)O. The first kappa shape index (κ1) is 14.6. The highest BCUT2D eigenvalue weighted by molar-refractivity contribution is 5.88. The minimum atomic E-state index is -0.977. The van der Waals surface area contributed by atoms with E-state index in [0.29, 0.717) is 24.5 Å². The second kappa shape index (κ2) is 7.06. The molecular weight excluding hydrogens is 232 g/mol. The van der Waals surface area contributed by atoms with Gasteiger partial charge in [-0.25, -0.2) is 14.8 Å². The van der Waals surface area contributed by atoms with Crippen LogP contribution in [0, 0.1) is 0 Å². The van der Waals surface area contributed by atoms with Crippen molar-refractivity contribution in [3.63, 3.8) is 0 Å². The quantitative estimate of drug-likeness (QED) is 0.807. The van der Waals surface area contributed by atoms with Crippen molar-refractivity contribution in [3.8, 4) is 0 Å². The number of carboxylic acid groups (broad SMARTS) is 1. The Labute approximate surface area is 107 Å². The lowest BCUT2D eigenvalue weighted by Gasteiger charge is -2.15. The molecule has 1 rings (SSSR count). The molecule has 1 heterocycles. The molecule has 1 aromatic heterocycles. The molecule has 0 aliphatic carbocycles. The Morgan fingerprint density at radius 1 is 1.44 bits per heavy atom. The maximum absolute atomic E-state index is 11.1. The summed E-state index contributed by atoms with van der Waals surface area (Å²) in [6.45, 7) is 6.49. The summed E-state index contributed by atoms with van der Waals surface area (Å²) >= 11 is 0. The summed E-state index contributed by atoms with van der Waals surface area (Å²) in [7, 11) is 0. The molecule has 1 aromatic rings. The van der Waals surface area contributed by atoms with E-state index in [1.54, 1.807) is 0 Å². The largest absolute Gasteiger partial charge is 0.478 e. The summed E-state index contributed by atoms with van der Waals surface area (Å²) in [6.07, 6.45) is 3.49. The van der Waals surface area contributed by atoms with Gasteiger partial charge in [0, 0.05) is 12.8 Å². The van der Waals surface area contributed by atoms with Crippen molar-refractivity contribution < 1.29 is 14.6 Å². The van der Waals surface area contributed by atoms with E-state index in [2.05, 4.69) is 9.97 Å². The number of carbonyl (C=O) groups is 1. The van der Waals surface area contributed by atoms with Gasteiger partial charge in [0.25, 0.3) is 0 Å². The van der Waals surface area contributed by atoms with Crippen LogP contribution in [0.2, 0.25) is 0 Å². The van der Waals surface area contributed by atoms with Gasteiger partial charge >= 0.3 is 5.97 Å². The molecule has 0 aliphatic heterocycles. The molecule has 0 saturated heterocycles. The Bertz CT molecular complexity index is 407. The summed E-state index contributed by atoms with van der Waals surface area (Å²) in [5.41, 5.74) is 0.778. The summed E-state index contributed by atoms with van der Waals surface area (Å²) in [4.78, 5) is 19.5. The predicted octanol–water partition coefficient (Wildman–Crippen LogP) is 2.61. The van der Waals surface area contributed by atoms with Crippen molar-refractivity contribution in [2.75, 3.05) is 6.61 Å². The van der Waals surface area contributed by atoms with Crippen LogP contribution in [-0.4, -0.2) is 27.7 Å². The zero-order chi connectivity index (χ0) is 13.5. The number of nitrogens with zero attached hydrogens (tertiary/aromatic N) is 2. The Hall–Kier alpha value is -1.49. The maximum atomic E-state index is 11.1. The molecule has 1 atom stereocenters. The number of ether oxygens (including phenoxy) is 1. The smallest absolute Gasteiger partial charge is 0.339 e. The molecule has 0 fully saturated rings. The van der Waals surface area contributed by atoms with Gasteiger partial charge < -0.3 is 9.84 Å². The summed E-state index contributed by atoms with van der Waals surface area (Å²) in [5.74, 6) is -0.401. The summed E-state index contributed by atoms with van der Waals surface area (Å²) < 4.78 is 5.54. The normalized spacial score (nSPS) is 12.4. The molecule has 0 radical (unpaired) electrons. The van der Waals surface area contributed by atoms with E-state index in [-0.39, 0.29) is 11.7 Å². The molecule has 0 aliphatic rings. The van der Waals surface area contributed by atoms with Crippen molar-refractivity contribution in [1.29, 1.82) is 0 Å². The van der Waals surface area contributed by atoms with Gasteiger partial charge in [0.05, 0.1) is 11.3 Å². The molecule has 0 aromatic carbocycles. The lowest BCUT2D eigenvalue weighted by Crippen LogP contribution is -2.13. The lowest BCUT2D eigenvalue weighted by atomic mass is 10.1. The molecule has 1 unspecified atom stereocenters. The number of aromatic carboxylic acids is 1. The topological polar surface area (TPSA) is 72.3 Å². The predicted molar refractivity (Wildman–Crippen MR) is 67.6 cm³/mol. The summed E-state index contributed by atoms with van der Waals surface area (Å²) in [6, 6.07) is 0. The third-order valence-electron chi connectivity index (χ3n) is 2.63. The van der Waals surface area contributed by atoms with Crippen LogP contribution in [0.25, 0.3) is 0 Å². The van der Waals surface area contributed by atoms with E-state index in [1.165, 1.54) is 6.20 Å². The van der Waals surface area contributed by atoms with Crippen molar-refractivity contribution in [3.05, 3.63) is 23.3 Å². The van der Waals surface area contributed by atoms with Crippen molar-refractivity contribution in [2.24, 2.45) is 0 Å². The number of rotatable bonds is 7. The van der Waals surface area contributed by atoms with Crippen molar-refractivity contribution >= 4 is 5.97 Å². The van der Waals surface area contributed by atoms with E-state index >= 15 is 0 Å². The zero-order valence-electron chi connectivity index (χ0n) is 11.1. The first-order chi connectivity index (χ1) is 8.63. The highest BCUT2D eigenvalue weighted by Crippen LogP contribution is 2.19. The lowest BCUT2D eigenvalue weighted by molar-refractivity contribution is 0.0530. The molecular formula is C13H20N2O3. The molecule has 100 valence electrons. The first-order valence-corrected chi connectivity index (χ1v) is 6.34. The van der Waals surface area contributed by atoms with Crippen LogP contribution in [0.15, 0.2) is 6.20 Å². The number of hydrogen-bond donors (Lipinski definition) is 1. The Kier molecular flexibility index (Phi) is 5.71. The molecule has 18 heavy (non-hydrogen) atoms. The monoisotopic (exact) mass is 252 g/mol. The molecule has 0 bridgehead atoms. The highest BCUT2D eigenvalue weighted by Gasteiger charge is 2.17. The Morgan fingerprint density at radius 2 is 2.17 bits per heavy atom. The van der Waals surface area contributed by atoms with Crippen LogP contribution in [0.5, 0.6) is 0 Å². The third-order valence-corrected chi connectivity index (χ3v) is 2.63. The van der Waals surface area contributed by atoms with Crippen LogP contribution in [0.4, 0.5) is 0 Å². The van der Waals surface area contributed by atoms with E-state index in [1.807, 2.05) is 20.8 Å². The van der Waals surface area contributed by atoms with Crippen LogP contribution >= 0.6 is 0 Å². The summed E-state index contributed by atoms with van der Waals surface area (Å²) in [5, 5.41) is 9.07. The van der Waals surface area contributed by atoms with E-state index in [4.69, 9.17) is 9.84 Å². The molecule has 0 spiro atoms. The number of hydrogen-bond acceptors (Lipinski definition) is 4. The van der Waals surface area contributed by atoms with Crippen LogP contribution in [0.3, 0.4) is 0 Å². The van der Waals surface area contributed by atoms with Gasteiger partial charge in [-0.05, 0) is 19.8 Å². The van der Waals surface area contributed by atoms with E-state index < -0.39 is 5.97 Å². The van der Waals surface area contributed by atoms with Crippen molar-refractivity contribution in [2.45, 2.75) is 46.1 Å². The Balaban J connectivity index is 3.08. The van der Waals surface area contributed by atoms with E-state index in [0.717, 1.165) is 12.8 Å². The second-order valence-electron chi connectivity index (χ2n) is 4.00. The number of aromatic nitrogens is 2. The standard InChI is InChI=1S/C13H20N2O3/c1-4-7-10-9(13(16)17)8-14-12(15-10)11(5-2)18-6-3/h8,11H,4-7H2,1-3H3,(H,16,17). The first-order valence-electron chi connectivity index (χ1n) is 6.34. The fourth-order valence-electron chi connectivity index (χ4n) is 1.77. The van der Waals surface area contributed by atoms with Crippen LogP contribution < -0.4 is 0 Å². The number of aryl methyl sites for hydroxylation is 1. The van der Waals surface area contributed by atoms with E-state index in [9.17, 15) is 4.79 Å². The third kappa shape index (κ3) is 3.50. The fourth-order valence-corrected chi connectivity index (χ4v) is 1.77. The van der Waals surface area contributed by atoms with Gasteiger partial charge in [-0.15, -0.1) is 0 Å². The maximum Gasteiger partial charge on any atom is 0.339 e. The van der Waals surface area contributed by atoms with Gasteiger partial charge in [-0.1, -0.05) is 20.3 Å². The molecule has 5 heteroatoms. The Morgan fingerprint density at radius 3 is 2.67 bits per heavy atom. The van der Waals surface area contributed by atoms with Crippen LogP contribution in [-0.2, 0) is 11.2 Å². The average Bonchev–Trinajstić information content (AvgIpc) is 2.36. The number of carboxylic acids is 1. The van der Waals surface area contributed by atoms with Gasteiger partial charge in [0.2, 0.25) is 0 Å². The van der Waals surface area contributed by atoms with Gasteiger partial charge in [-0.2, -0.15) is 0 Å². The second-order valence-corrected chi connectivity index (χ2v) is 4.00. The molecule has 1 N–H and O–H groups in total. The highest BCUT2D eigenvalue weighted by atomic mass is 16.5. The molecule has 0 amide bonds. The van der Waals surface area contributed by atoms with Crippen LogP contribution in [0.1, 0.15) is 61.6 Å². The molecule has 5 nitrogen and oxygen atoms in total. The van der Waals surface area contributed by atoms with Crippen molar-refractivity contribution in [1.82, 2.24) is 9.97 Å².